The first-order valence-corrected chi connectivity index (χ1v) is 6.74. The summed E-state index contributed by atoms with van der Waals surface area (Å²) in [7, 11) is 0. The Balaban J connectivity index is 1.59. The minimum atomic E-state index is -0.383. The number of rotatable bonds is 4. The van der Waals surface area contributed by atoms with Crippen LogP contribution < -0.4 is 5.32 Å². The Kier molecular flexibility index (Phi) is 3.74. The Morgan fingerprint density at radius 3 is 2.77 bits per heavy atom. The van der Waals surface area contributed by atoms with E-state index in [1.165, 1.54) is 36.4 Å². The number of nitrogens with one attached hydrogen (secondary N) is 1. The zero-order valence-electron chi connectivity index (χ0n) is 11.5. The Labute approximate surface area is 125 Å². The number of benzene rings is 2. The minimum absolute atomic E-state index is 0.111. The van der Waals surface area contributed by atoms with Crippen LogP contribution in [0.15, 0.2) is 46.9 Å². The number of hydrogen-bond donors (Lipinski definition) is 2. The lowest BCUT2D eigenvalue weighted by atomic mass is 10.2. The SMILES string of the molecule is O=C(NCCc1nc2ccc(O)cc2o1)c1ccc(F)cc1. The van der Waals surface area contributed by atoms with Gasteiger partial charge in [0, 0.05) is 24.6 Å². The number of nitrogens with zero attached hydrogens (tertiary/aromatic N) is 1. The number of fused-ring (bicyclic) bond motifs is 1. The van der Waals surface area contributed by atoms with Crippen LogP contribution in [-0.2, 0) is 6.42 Å². The summed E-state index contributed by atoms with van der Waals surface area (Å²) in [4.78, 5) is 16.1. The van der Waals surface area contributed by atoms with Crippen LogP contribution in [0.3, 0.4) is 0 Å². The smallest absolute Gasteiger partial charge is 0.251 e. The summed E-state index contributed by atoms with van der Waals surface area (Å²) in [5, 5.41) is 12.1. The molecule has 0 unspecified atom stereocenters. The Morgan fingerprint density at radius 1 is 1.23 bits per heavy atom. The summed E-state index contributed by atoms with van der Waals surface area (Å²) in [6.07, 6.45) is 0.419. The fourth-order valence-corrected chi connectivity index (χ4v) is 2.05. The van der Waals surface area contributed by atoms with E-state index < -0.39 is 0 Å². The van der Waals surface area contributed by atoms with Gasteiger partial charge < -0.3 is 14.8 Å². The van der Waals surface area contributed by atoms with Gasteiger partial charge in [0.15, 0.2) is 11.5 Å². The van der Waals surface area contributed by atoms with E-state index in [0.717, 1.165) is 0 Å². The maximum atomic E-state index is 12.8. The molecule has 5 nitrogen and oxygen atoms in total. The van der Waals surface area contributed by atoms with E-state index in [1.807, 2.05) is 0 Å². The van der Waals surface area contributed by atoms with Gasteiger partial charge in [-0.15, -0.1) is 0 Å². The summed E-state index contributed by atoms with van der Waals surface area (Å²) in [6.45, 7) is 0.342. The number of amides is 1. The van der Waals surface area contributed by atoms with Crippen molar-refractivity contribution in [1.82, 2.24) is 10.3 Å². The van der Waals surface area contributed by atoms with Gasteiger partial charge in [0.05, 0.1) is 0 Å². The van der Waals surface area contributed by atoms with Crippen LogP contribution in [0, 0.1) is 5.82 Å². The van der Waals surface area contributed by atoms with Crippen LogP contribution in [0.25, 0.3) is 11.1 Å². The number of oxazole rings is 1. The molecule has 0 aliphatic heterocycles. The third-order valence-electron chi connectivity index (χ3n) is 3.15. The molecular weight excluding hydrogens is 287 g/mol. The van der Waals surface area contributed by atoms with Crippen molar-refractivity contribution in [2.45, 2.75) is 6.42 Å². The number of phenolic OH excluding ortho intramolecular Hbond substituents is 1. The van der Waals surface area contributed by atoms with Gasteiger partial charge in [0.25, 0.3) is 5.91 Å². The van der Waals surface area contributed by atoms with Crippen molar-refractivity contribution in [3.8, 4) is 5.75 Å². The van der Waals surface area contributed by atoms with Crippen molar-refractivity contribution in [3.63, 3.8) is 0 Å². The zero-order chi connectivity index (χ0) is 15.5. The standard InChI is InChI=1S/C16H13FN2O3/c17-11-3-1-10(2-4-11)16(21)18-8-7-15-19-13-6-5-12(20)9-14(13)22-15/h1-6,9,20H,7-8H2,(H,18,21). The molecule has 2 N–H and O–H groups in total. The van der Waals surface area contributed by atoms with Gasteiger partial charge in [-0.3, -0.25) is 4.79 Å². The fraction of sp³-hybridized carbons (Fsp3) is 0.125. The monoisotopic (exact) mass is 300 g/mol. The molecule has 2 aromatic carbocycles. The number of carbonyl (C=O) groups excluding carboxylic acids is 1. The number of halogens is 1. The molecular formula is C16H13FN2O3. The molecule has 0 spiro atoms. The van der Waals surface area contributed by atoms with E-state index in [4.69, 9.17) is 4.42 Å². The first kappa shape index (κ1) is 14.1. The molecule has 0 saturated heterocycles. The lowest BCUT2D eigenvalue weighted by molar-refractivity contribution is 0.0953. The van der Waals surface area contributed by atoms with Crippen molar-refractivity contribution in [1.29, 1.82) is 0 Å². The van der Waals surface area contributed by atoms with E-state index in [-0.39, 0.29) is 17.5 Å². The lowest BCUT2D eigenvalue weighted by Gasteiger charge is -2.03. The van der Waals surface area contributed by atoms with Crippen molar-refractivity contribution in [2.75, 3.05) is 6.54 Å². The van der Waals surface area contributed by atoms with Gasteiger partial charge >= 0.3 is 0 Å². The number of phenols is 1. The van der Waals surface area contributed by atoms with E-state index >= 15 is 0 Å². The Hall–Kier alpha value is -2.89. The summed E-state index contributed by atoms with van der Waals surface area (Å²) in [6, 6.07) is 10.0. The first-order chi connectivity index (χ1) is 10.6. The highest BCUT2D eigenvalue weighted by molar-refractivity contribution is 5.94. The van der Waals surface area contributed by atoms with Crippen molar-refractivity contribution < 1.29 is 18.7 Å². The number of hydrogen-bond acceptors (Lipinski definition) is 4. The lowest BCUT2D eigenvalue weighted by Crippen LogP contribution is -2.25. The molecule has 3 aromatic rings. The van der Waals surface area contributed by atoms with Crippen LogP contribution in [0.2, 0.25) is 0 Å². The van der Waals surface area contributed by atoms with Crippen LogP contribution in [0.5, 0.6) is 5.75 Å². The van der Waals surface area contributed by atoms with Gasteiger partial charge in [-0.25, -0.2) is 9.37 Å². The quantitative estimate of drug-likeness (QED) is 0.776. The van der Waals surface area contributed by atoms with Crippen LogP contribution in [0.4, 0.5) is 4.39 Å². The summed E-state index contributed by atoms with van der Waals surface area (Å²) in [5.41, 5.74) is 1.54. The third kappa shape index (κ3) is 3.06. The van der Waals surface area contributed by atoms with Crippen molar-refractivity contribution in [2.24, 2.45) is 0 Å². The Bertz CT molecular complexity index is 812. The highest BCUT2D eigenvalue weighted by Crippen LogP contribution is 2.20. The summed E-state index contributed by atoms with van der Waals surface area (Å²) in [5.74, 6) is -0.0835. The molecule has 0 radical (unpaired) electrons. The highest BCUT2D eigenvalue weighted by atomic mass is 19.1. The fourth-order valence-electron chi connectivity index (χ4n) is 2.05. The predicted molar refractivity (Wildman–Crippen MR) is 78.1 cm³/mol. The molecule has 0 aliphatic carbocycles. The van der Waals surface area contributed by atoms with Gasteiger partial charge in [-0.2, -0.15) is 0 Å². The number of carbonyl (C=O) groups is 1. The molecule has 0 aliphatic rings. The van der Waals surface area contributed by atoms with Crippen LogP contribution >= 0.6 is 0 Å². The van der Waals surface area contributed by atoms with Crippen LogP contribution in [0.1, 0.15) is 16.2 Å². The average Bonchev–Trinajstić information content (AvgIpc) is 2.89. The molecule has 6 heteroatoms. The van der Waals surface area contributed by atoms with Crippen molar-refractivity contribution in [3.05, 3.63) is 59.7 Å². The zero-order valence-corrected chi connectivity index (χ0v) is 11.5. The maximum Gasteiger partial charge on any atom is 0.251 e. The van der Waals surface area contributed by atoms with Gasteiger partial charge in [0.1, 0.15) is 17.1 Å². The molecule has 1 amide bonds. The second-order valence-electron chi connectivity index (χ2n) is 4.77. The second-order valence-corrected chi connectivity index (χ2v) is 4.77. The molecule has 22 heavy (non-hydrogen) atoms. The highest BCUT2D eigenvalue weighted by Gasteiger charge is 2.08. The molecule has 0 fully saturated rings. The summed E-state index contributed by atoms with van der Waals surface area (Å²) < 4.78 is 18.3. The minimum Gasteiger partial charge on any atom is -0.508 e. The van der Waals surface area contributed by atoms with Gasteiger partial charge in [-0.05, 0) is 36.4 Å². The van der Waals surface area contributed by atoms with E-state index in [2.05, 4.69) is 10.3 Å². The summed E-state index contributed by atoms with van der Waals surface area (Å²) >= 11 is 0. The molecule has 112 valence electrons. The largest absolute Gasteiger partial charge is 0.508 e. The molecule has 0 atom stereocenters. The topological polar surface area (TPSA) is 75.4 Å². The maximum absolute atomic E-state index is 12.8. The first-order valence-electron chi connectivity index (χ1n) is 6.74. The van der Waals surface area contributed by atoms with E-state index in [0.29, 0.717) is 35.5 Å². The number of aromatic hydroxyl groups is 1. The van der Waals surface area contributed by atoms with Crippen LogP contribution in [-0.4, -0.2) is 22.5 Å². The number of aromatic nitrogens is 1. The van der Waals surface area contributed by atoms with Crippen molar-refractivity contribution >= 4 is 17.0 Å². The van der Waals surface area contributed by atoms with E-state index in [1.54, 1.807) is 6.07 Å². The second kappa shape index (κ2) is 5.85. The Morgan fingerprint density at radius 2 is 2.00 bits per heavy atom. The molecule has 0 saturated carbocycles. The molecule has 1 heterocycles. The normalized spacial score (nSPS) is 10.8. The van der Waals surface area contributed by atoms with E-state index in [9.17, 15) is 14.3 Å². The van der Waals surface area contributed by atoms with Gasteiger partial charge in [0.2, 0.25) is 0 Å². The molecule has 1 aromatic heterocycles. The van der Waals surface area contributed by atoms with Gasteiger partial charge in [-0.1, -0.05) is 0 Å². The molecule has 0 bridgehead atoms. The molecule has 3 rings (SSSR count). The predicted octanol–water partition coefficient (Wildman–Crippen LogP) is 2.65. The third-order valence-corrected chi connectivity index (χ3v) is 3.15. The average molecular weight is 300 g/mol.